The maximum atomic E-state index is 12.7. The van der Waals surface area contributed by atoms with Crippen molar-refractivity contribution >= 4 is 23.1 Å². The highest BCUT2D eigenvalue weighted by atomic mass is 32.1. The van der Waals surface area contributed by atoms with Gasteiger partial charge in [-0.1, -0.05) is 30.3 Å². The number of carbonyl (C=O) groups excluding carboxylic acids is 1. The summed E-state index contributed by atoms with van der Waals surface area (Å²) in [4.78, 5) is 20.0. The Morgan fingerprint density at radius 3 is 2.52 bits per heavy atom. The van der Waals surface area contributed by atoms with E-state index in [4.69, 9.17) is 0 Å². The molecule has 2 heterocycles. The predicted octanol–water partition coefficient (Wildman–Crippen LogP) is 6.20. The van der Waals surface area contributed by atoms with E-state index in [1.807, 2.05) is 36.5 Å². The van der Waals surface area contributed by atoms with Gasteiger partial charge in [0.05, 0.1) is 16.5 Å². The molecule has 0 bridgehead atoms. The first-order chi connectivity index (χ1) is 13.9. The minimum atomic E-state index is -4.40. The average molecular weight is 417 g/mol. The Morgan fingerprint density at radius 1 is 1.10 bits per heavy atom. The molecule has 4 nitrogen and oxygen atoms in total. The van der Waals surface area contributed by atoms with E-state index in [1.165, 1.54) is 12.1 Å². The Morgan fingerprint density at radius 2 is 1.83 bits per heavy atom. The van der Waals surface area contributed by atoms with Crippen molar-refractivity contribution in [2.24, 2.45) is 0 Å². The molecule has 3 aromatic rings. The van der Waals surface area contributed by atoms with E-state index in [0.717, 1.165) is 40.4 Å². The Balaban J connectivity index is 1.47. The number of urea groups is 1. The van der Waals surface area contributed by atoms with Crippen LogP contribution in [0.25, 0.3) is 10.4 Å². The van der Waals surface area contributed by atoms with Gasteiger partial charge in [-0.3, -0.25) is 0 Å². The number of benzene rings is 2. The molecule has 1 aliphatic rings. The molecule has 0 saturated carbocycles. The van der Waals surface area contributed by atoms with Crippen molar-refractivity contribution in [2.45, 2.75) is 25.1 Å². The predicted molar refractivity (Wildman–Crippen MR) is 107 cm³/mol. The average Bonchev–Trinajstić information content (AvgIpc) is 3.38. The van der Waals surface area contributed by atoms with E-state index >= 15 is 0 Å². The maximum absolute atomic E-state index is 12.7. The number of halogens is 3. The van der Waals surface area contributed by atoms with Crippen molar-refractivity contribution in [3.8, 4) is 10.4 Å². The van der Waals surface area contributed by atoms with Gasteiger partial charge in [-0.2, -0.15) is 13.2 Å². The smallest absolute Gasteiger partial charge is 0.315 e. The largest absolute Gasteiger partial charge is 0.416 e. The van der Waals surface area contributed by atoms with Gasteiger partial charge in [0.2, 0.25) is 0 Å². The molecule has 29 heavy (non-hydrogen) atoms. The Hall–Kier alpha value is -2.87. The standard InChI is InChI=1S/C21H18F3N3OS/c22-21(23,24)15-8-10-16(11-9-15)26-20(28)27-12-4-7-17(27)19-25-13-18(29-19)14-5-2-1-3-6-14/h1-3,5-6,8-11,13,17H,4,7,12H2,(H,26,28)/t17-/m0/s1. The van der Waals surface area contributed by atoms with Gasteiger partial charge in [-0.05, 0) is 42.7 Å². The zero-order valence-electron chi connectivity index (χ0n) is 15.3. The van der Waals surface area contributed by atoms with Gasteiger partial charge in [-0.15, -0.1) is 11.3 Å². The van der Waals surface area contributed by atoms with Crippen molar-refractivity contribution in [1.82, 2.24) is 9.88 Å². The van der Waals surface area contributed by atoms with E-state index in [2.05, 4.69) is 10.3 Å². The van der Waals surface area contributed by atoms with Gasteiger partial charge in [0, 0.05) is 18.4 Å². The number of nitrogens with zero attached hydrogens (tertiary/aromatic N) is 2. The molecule has 2 amide bonds. The van der Waals surface area contributed by atoms with Crippen LogP contribution in [0.1, 0.15) is 29.5 Å². The number of thiazole rings is 1. The second-order valence-electron chi connectivity index (χ2n) is 6.79. The number of hydrogen-bond acceptors (Lipinski definition) is 3. The summed E-state index contributed by atoms with van der Waals surface area (Å²) < 4.78 is 38.1. The lowest BCUT2D eigenvalue weighted by molar-refractivity contribution is -0.137. The number of anilines is 1. The summed E-state index contributed by atoms with van der Waals surface area (Å²) in [7, 11) is 0. The monoisotopic (exact) mass is 417 g/mol. The van der Waals surface area contributed by atoms with Gasteiger partial charge < -0.3 is 10.2 Å². The fourth-order valence-corrected chi connectivity index (χ4v) is 4.45. The van der Waals surface area contributed by atoms with Crippen LogP contribution in [0, 0.1) is 0 Å². The van der Waals surface area contributed by atoms with Gasteiger partial charge in [0.25, 0.3) is 0 Å². The first-order valence-corrected chi connectivity index (χ1v) is 9.99. The van der Waals surface area contributed by atoms with Crippen LogP contribution in [0.5, 0.6) is 0 Å². The molecule has 1 atom stereocenters. The molecule has 8 heteroatoms. The summed E-state index contributed by atoms with van der Waals surface area (Å²) >= 11 is 1.56. The SMILES string of the molecule is O=C(Nc1ccc(C(F)(F)F)cc1)N1CCC[C@H]1c1ncc(-c2ccccc2)s1. The minimum absolute atomic E-state index is 0.132. The highest BCUT2D eigenvalue weighted by Crippen LogP contribution is 2.37. The first kappa shape index (κ1) is 19.4. The van der Waals surface area contributed by atoms with E-state index in [1.54, 1.807) is 16.2 Å². The molecule has 4 rings (SSSR count). The van der Waals surface area contributed by atoms with Crippen molar-refractivity contribution in [1.29, 1.82) is 0 Å². The molecule has 0 spiro atoms. The summed E-state index contributed by atoms with van der Waals surface area (Å²) in [6.07, 6.45) is -0.920. The summed E-state index contributed by atoms with van der Waals surface area (Å²) in [6, 6.07) is 13.9. The number of nitrogens with one attached hydrogen (secondary N) is 1. The Kier molecular flexibility index (Phi) is 5.27. The molecule has 0 aliphatic carbocycles. The third-order valence-corrected chi connectivity index (χ3v) is 5.99. The zero-order valence-corrected chi connectivity index (χ0v) is 16.1. The van der Waals surface area contributed by atoms with Crippen LogP contribution in [0.4, 0.5) is 23.7 Å². The van der Waals surface area contributed by atoms with Crippen LogP contribution in [-0.2, 0) is 6.18 Å². The molecule has 1 aliphatic heterocycles. The van der Waals surface area contributed by atoms with E-state index in [-0.39, 0.29) is 12.1 Å². The van der Waals surface area contributed by atoms with Crippen molar-refractivity contribution < 1.29 is 18.0 Å². The quantitative estimate of drug-likeness (QED) is 0.552. The number of rotatable bonds is 3. The molecular formula is C21H18F3N3OS. The van der Waals surface area contributed by atoms with E-state index in [0.29, 0.717) is 12.2 Å². The van der Waals surface area contributed by atoms with Crippen molar-refractivity contribution in [3.05, 3.63) is 71.4 Å². The fraction of sp³-hybridized carbons (Fsp3) is 0.238. The fourth-order valence-electron chi connectivity index (χ4n) is 3.38. The molecular weight excluding hydrogens is 399 g/mol. The number of hydrogen-bond donors (Lipinski definition) is 1. The number of alkyl halides is 3. The normalized spacial score (nSPS) is 16.8. The molecule has 2 aromatic carbocycles. The molecule has 0 radical (unpaired) electrons. The minimum Gasteiger partial charge on any atom is -0.315 e. The summed E-state index contributed by atoms with van der Waals surface area (Å²) in [5.74, 6) is 0. The molecule has 1 saturated heterocycles. The van der Waals surface area contributed by atoms with Crippen LogP contribution in [0.2, 0.25) is 0 Å². The molecule has 1 fully saturated rings. The summed E-state index contributed by atoms with van der Waals surface area (Å²) in [5.41, 5.74) is 0.665. The lowest BCUT2D eigenvalue weighted by Gasteiger charge is -2.23. The van der Waals surface area contributed by atoms with Gasteiger partial charge in [0.15, 0.2) is 0 Å². The van der Waals surface area contributed by atoms with Crippen LogP contribution < -0.4 is 5.32 Å². The highest BCUT2D eigenvalue weighted by molar-refractivity contribution is 7.15. The number of likely N-dealkylation sites (tertiary alicyclic amines) is 1. The van der Waals surface area contributed by atoms with Crippen molar-refractivity contribution in [3.63, 3.8) is 0 Å². The maximum Gasteiger partial charge on any atom is 0.416 e. The second kappa shape index (κ2) is 7.87. The Labute approximate surface area is 170 Å². The van der Waals surface area contributed by atoms with Crippen molar-refractivity contribution in [2.75, 3.05) is 11.9 Å². The molecule has 150 valence electrons. The zero-order chi connectivity index (χ0) is 20.4. The van der Waals surface area contributed by atoms with Crippen LogP contribution in [-0.4, -0.2) is 22.5 Å². The van der Waals surface area contributed by atoms with Gasteiger partial charge in [-0.25, -0.2) is 9.78 Å². The molecule has 0 unspecified atom stereocenters. The molecule has 1 aromatic heterocycles. The van der Waals surface area contributed by atoms with E-state index < -0.39 is 11.7 Å². The Bertz CT molecular complexity index is 986. The van der Waals surface area contributed by atoms with Crippen LogP contribution in [0.15, 0.2) is 60.8 Å². The highest BCUT2D eigenvalue weighted by Gasteiger charge is 2.33. The number of amides is 2. The number of carbonyl (C=O) groups is 1. The summed E-state index contributed by atoms with van der Waals surface area (Å²) in [5, 5.41) is 3.56. The van der Waals surface area contributed by atoms with Gasteiger partial charge >= 0.3 is 12.2 Å². The van der Waals surface area contributed by atoms with Crippen LogP contribution >= 0.6 is 11.3 Å². The third-order valence-electron chi connectivity index (χ3n) is 4.84. The number of aromatic nitrogens is 1. The first-order valence-electron chi connectivity index (χ1n) is 9.18. The topological polar surface area (TPSA) is 45.2 Å². The van der Waals surface area contributed by atoms with E-state index in [9.17, 15) is 18.0 Å². The third kappa shape index (κ3) is 4.27. The van der Waals surface area contributed by atoms with Crippen LogP contribution in [0.3, 0.4) is 0 Å². The lowest BCUT2D eigenvalue weighted by atomic mass is 10.2. The lowest BCUT2D eigenvalue weighted by Crippen LogP contribution is -2.34. The summed E-state index contributed by atoms with van der Waals surface area (Å²) in [6.45, 7) is 0.581. The molecule has 1 N–H and O–H groups in total. The van der Waals surface area contributed by atoms with Gasteiger partial charge in [0.1, 0.15) is 5.01 Å². The second-order valence-corrected chi connectivity index (χ2v) is 7.85.